The molecule has 2 unspecified atom stereocenters. The summed E-state index contributed by atoms with van der Waals surface area (Å²) >= 11 is 0. The minimum absolute atomic E-state index is 0.271. The van der Waals surface area contributed by atoms with Gasteiger partial charge in [-0.15, -0.1) is 0 Å². The number of allylic oxidation sites excluding steroid dienone is 2. The molecule has 1 aliphatic carbocycles. The van der Waals surface area contributed by atoms with Gasteiger partial charge < -0.3 is 4.79 Å². The highest BCUT2D eigenvalue weighted by molar-refractivity contribution is 5.75. The minimum Gasteiger partial charge on any atom is -0.300 e. The molecule has 0 saturated heterocycles. The van der Waals surface area contributed by atoms with Gasteiger partial charge in [-0.05, 0) is 37.0 Å². The monoisotopic (exact) mass is 194 g/mol. The van der Waals surface area contributed by atoms with Gasteiger partial charge in [-0.1, -0.05) is 32.9 Å². The summed E-state index contributed by atoms with van der Waals surface area (Å²) in [4.78, 5) is 11.0. The molecule has 1 nitrogen and oxygen atoms in total. The first kappa shape index (κ1) is 11.5. The second-order valence-corrected chi connectivity index (χ2v) is 5.28. The Morgan fingerprint density at radius 3 is 2.64 bits per heavy atom. The molecule has 1 rings (SSSR count). The molecule has 0 aliphatic heterocycles. The Morgan fingerprint density at radius 1 is 1.50 bits per heavy atom. The second-order valence-electron chi connectivity index (χ2n) is 5.28. The zero-order valence-electron chi connectivity index (χ0n) is 9.84. The van der Waals surface area contributed by atoms with Crippen LogP contribution >= 0.6 is 0 Å². The standard InChI is InChI=1S/C13H22O/c1-10-6-5-9-13(3,4)12(10)8-7-11(2)14/h5,9-10,12H,6-8H2,1-4H3. The Balaban J connectivity index is 2.63. The molecule has 1 aliphatic rings. The Labute approximate surface area is 87.6 Å². The van der Waals surface area contributed by atoms with Crippen molar-refractivity contribution in [2.75, 3.05) is 0 Å². The summed E-state index contributed by atoms with van der Waals surface area (Å²) in [6.07, 6.45) is 7.57. The molecule has 0 spiro atoms. The van der Waals surface area contributed by atoms with E-state index in [9.17, 15) is 4.79 Å². The molecule has 2 atom stereocenters. The van der Waals surface area contributed by atoms with Crippen LogP contribution in [0.15, 0.2) is 12.2 Å². The van der Waals surface area contributed by atoms with Crippen LogP contribution in [0.3, 0.4) is 0 Å². The molecule has 0 radical (unpaired) electrons. The zero-order chi connectivity index (χ0) is 10.8. The van der Waals surface area contributed by atoms with E-state index in [-0.39, 0.29) is 5.41 Å². The molecule has 0 bridgehead atoms. The van der Waals surface area contributed by atoms with Gasteiger partial charge in [-0.25, -0.2) is 0 Å². The van der Waals surface area contributed by atoms with Gasteiger partial charge >= 0.3 is 0 Å². The predicted molar refractivity (Wildman–Crippen MR) is 60.1 cm³/mol. The lowest BCUT2D eigenvalue weighted by Gasteiger charge is -2.39. The molecule has 0 amide bonds. The van der Waals surface area contributed by atoms with Crippen LogP contribution in [0.25, 0.3) is 0 Å². The molecule has 0 aromatic carbocycles. The number of Topliss-reactive ketones (excluding diaryl/α,β-unsaturated/α-hetero) is 1. The lowest BCUT2D eigenvalue weighted by Crippen LogP contribution is -2.30. The highest BCUT2D eigenvalue weighted by Crippen LogP contribution is 2.42. The summed E-state index contributed by atoms with van der Waals surface area (Å²) in [6.45, 7) is 8.56. The second kappa shape index (κ2) is 4.29. The number of ketones is 1. The average Bonchev–Trinajstić information content (AvgIpc) is 2.01. The summed E-state index contributed by atoms with van der Waals surface area (Å²) in [5.74, 6) is 1.70. The third-order valence-corrected chi connectivity index (χ3v) is 3.51. The van der Waals surface area contributed by atoms with E-state index in [0.717, 1.165) is 12.8 Å². The van der Waals surface area contributed by atoms with Crippen molar-refractivity contribution in [3.05, 3.63) is 12.2 Å². The van der Waals surface area contributed by atoms with Crippen molar-refractivity contribution in [3.63, 3.8) is 0 Å². The Bertz CT molecular complexity index is 238. The number of carbonyl (C=O) groups is 1. The van der Waals surface area contributed by atoms with Crippen molar-refractivity contribution in [2.24, 2.45) is 17.3 Å². The number of hydrogen-bond acceptors (Lipinski definition) is 1. The molecular formula is C13H22O. The van der Waals surface area contributed by atoms with Crippen LogP contribution < -0.4 is 0 Å². The number of rotatable bonds is 3. The van der Waals surface area contributed by atoms with Crippen LogP contribution in [0.4, 0.5) is 0 Å². The fourth-order valence-corrected chi connectivity index (χ4v) is 2.62. The van der Waals surface area contributed by atoms with E-state index < -0.39 is 0 Å². The van der Waals surface area contributed by atoms with Crippen LogP contribution in [-0.2, 0) is 4.79 Å². The van der Waals surface area contributed by atoms with E-state index in [2.05, 4.69) is 32.9 Å². The molecule has 0 heterocycles. The van der Waals surface area contributed by atoms with Gasteiger partial charge in [-0.3, -0.25) is 0 Å². The third-order valence-electron chi connectivity index (χ3n) is 3.51. The molecule has 0 N–H and O–H groups in total. The Kier molecular flexibility index (Phi) is 3.52. The Morgan fingerprint density at radius 2 is 2.14 bits per heavy atom. The molecule has 80 valence electrons. The van der Waals surface area contributed by atoms with Crippen molar-refractivity contribution in [3.8, 4) is 0 Å². The third kappa shape index (κ3) is 2.70. The van der Waals surface area contributed by atoms with E-state index >= 15 is 0 Å². The van der Waals surface area contributed by atoms with E-state index in [1.165, 1.54) is 6.42 Å². The van der Waals surface area contributed by atoms with E-state index in [1.54, 1.807) is 6.92 Å². The first-order valence-corrected chi connectivity index (χ1v) is 5.60. The summed E-state index contributed by atoms with van der Waals surface area (Å²) in [5.41, 5.74) is 0.271. The van der Waals surface area contributed by atoms with Gasteiger partial charge in [0.25, 0.3) is 0 Å². The molecule has 1 heteroatoms. The minimum atomic E-state index is 0.271. The first-order chi connectivity index (χ1) is 6.43. The quantitative estimate of drug-likeness (QED) is 0.627. The normalized spacial score (nSPS) is 30.3. The van der Waals surface area contributed by atoms with Crippen LogP contribution in [0.2, 0.25) is 0 Å². The fraction of sp³-hybridized carbons (Fsp3) is 0.769. The molecule has 0 aromatic rings. The maximum Gasteiger partial charge on any atom is 0.129 e. The van der Waals surface area contributed by atoms with Gasteiger partial charge in [0.2, 0.25) is 0 Å². The fourth-order valence-electron chi connectivity index (χ4n) is 2.62. The first-order valence-electron chi connectivity index (χ1n) is 5.60. The van der Waals surface area contributed by atoms with E-state index in [1.807, 2.05) is 0 Å². The van der Waals surface area contributed by atoms with Gasteiger partial charge in [0, 0.05) is 6.42 Å². The van der Waals surface area contributed by atoms with Crippen molar-refractivity contribution >= 4 is 5.78 Å². The van der Waals surface area contributed by atoms with Crippen molar-refractivity contribution in [1.82, 2.24) is 0 Å². The van der Waals surface area contributed by atoms with Crippen molar-refractivity contribution in [1.29, 1.82) is 0 Å². The SMILES string of the molecule is CC(=O)CCC1C(C)CC=CC1(C)C. The average molecular weight is 194 g/mol. The van der Waals surface area contributed by atoms with Gasteiger partial charge in [-0.2, -0.15) is 0 Å². The van der Waals surface area contributed by atoms with Crippen LogP contribution in [-0.4, -0.2) is 5.78 Å². The molecule has 14 heavy (non-hydrogen) atoms. The molecular weight excluding hydrogens is 172 g/mol. The van der Waals surface area contributed by atoms with Crippen LogP contribution in [0, 0.1) is 17.3 Å². The van der Waals surface area contributed by atoms with Gasteiger partial charge in [0.05, 0.1) is 0 Å². The van der Waals surface area contributed by atoms with E-state index in [0.29, 0.717) is 17.6 Å². The smallest absolute Gasteiger partial charge is 0.129 e. The summed E-state index contributed by atoms with van der Waals surface area (Å²) in [6, 6.07) is 0. The maximum atomic E-state index is 11.0. The van der Waals surface area contributed by atoms with Crippen LogP contribution in [0.1, 0.15) is 47.0 Å². The van der Waals surface area contributed by atoms with Crippen molar-refractivity contribution < 1.29 is 4.79 Å². The van der Waals surface area contributed by atoms with Gasteiger partial charge in [0.15, 0.2) is 0 Å². The predicted octanol–water partition coefficient (Wildman–Crippen LogP) is 3.59. The zero-order valence-corrected chi connectivity index (χ0v) is 9.84. The van der Waals surface area contributed by atoms with Crippen LogP contribution in [0.5, 0.6) is 0 Å². The Hall–Kier alpha value is -0.590. The lowest BCUT2D eigenvalue weighted by molar-refractivity contribution is -0.117. The maximum absolute atomic E-state index is 11.0. The van der Waals surface area contributed by atoms with Crippen molar-refractivity contribution in [2.45, 2.75) is 47.0 Å². The number of carbonyl (C=O) groups excluding carboxylic acids is 1. The number of hydrogen-bond donors (Lipinski definition) is 0. The molecule has 0 aromatic heterocycles. The summed E-state index contributed by atoms with van der Waals surface area (Å²) in [7, 11) is 0. The lowest BCUT2D eigenvalue weighted by atomic mass is 9.66. The van der Waals surface area contributed by atoms with E-state index in [4.69, 9.17) is 0 Å². The molecule has 0 fully saturated rings. The van der Waals surface area contributed by atoms with Gasteiger partial charge in [0.1, 0.15) is 5.78 Å². The molecule has 0 saturated carbocycles. The topological polar surface area (TPSA) is 17.1 Å². The largest absolute Gasteiger partial charge is 0.300 e. The summed E-state index contributed by atoms with van der Waals surface area (Å²) < 4.78 is 0. The highest BCUT2D eigenvalue weighted by atomic mass is 16.1. The summed E-state index contributed by atoms with van der Waals surface area (Å²) in [5, 5.41) is 0. The highest BCUT2D eigenvalue weighted by Gasteiger charge is 2.33.